The highest BCUT2D eigenvalue weighted by molar-refractivity contribution is 9.10. The number of hydrogen-bond acceptors (Lipinski definition) is 3. The Morgan fingerprint density at radius 1 is 1.39 bits per heavy atom. The Balaban J connectivity index is 2.33. The Labute approximate surface area is 116 Å². The van der Waals surface area contributed by atoms with Crippen molar-refractivity contribution in [2.45, 2.75) is 6.54 Å². The molecule has 0 spiro atoms. The molecule has 0 bridgehead atoms. The van der Waals surface area contributed by atoms with Gasteiger partial charge < -0.3 is 15.0 Å². The molecule has 0 unspecified atom stereocenters. The van der Waals surface area contributed by atoms with E-state index in [-0.39, 0.29) is 5.91 Å². The highest BCUT2D eigenvalue weighted by Crippen LogP contribution is 2.11. The van der Waals surface area contributed by atoms with Gasteiger partial charge in [-0.3, -0.25) is 4.79 Å². The summed E-state index contributed by atoms with van der Waals surface area (Å²) < 4.78 is 5.94. The van der Waals surface area contributed by atoms with Gasteiger partial charge in [-0.1, -0.05) is 28.1 Å². The number of halogens is 1. The predicted octanol–water partition coefficient (Wildman–Crippen LogP) is 1.64. The fourth-order valence-electron chi connectivity index (χ4n) is 1.46. The van der Waals surface area contributed by atoms with Crippen molar-refractivity contribution in [2.75, 3.05) is 33.9 Å². The zero-order chi connectivity index (χ0) is 13.4. The van der Waals surface area contributed by atoms with E-state index in [1.807, 2.05) is 31.3 Å². The van der Waals surface area contributed by atoms with Gasteiger partial charge >= 0.3 is 0 Å². The monoisotopic (exact) mass is 314 g/mol. The second-order valence-corrected chi connectivity index (χ2v) is 4.96. The van der Waals surface area contributed by atoms with E-state index in [2.05, 4.69) is 21.2 Å². The van der Waals surface area contributed by atoms with Gasteiger partial charge in [0.1, 0.15) is 0 Å². The first-order valence-electron chi connectivity index (χ1n) is 5.81. The molecule has 0 fully saturated rings. The van der Waals surface area contributed by atoms with E-state index in [0.29, 0.717) is 26.2 Å². The van der Waals surface area contributed by atoms with Gasteiger partial charge in [0.2, 0.25) is 5.91 Å². The Hall–Kier alpha value is -0.910. The van der Waals surface area contributed by atoms with Gasteiger partial charge in [-0.15, -0.1) is 0 Å². The summed E-state index contributed by atoms with van der Waals surface area (Å²) in [6.45, 7) is 2.27. The zero-order valence-electron chi connectivity index (χ0n) is 10.8. The quantitative estimate of drug-likeness (QED) is 0.778. The lowest BCUT2D eigenvalue weighted by Crippen LogP contribution is -2.36. The van der Waals surface area contributed by atoms with Gasteiger partial charge in [0.05, 0.1) is 13.2 Å². The van der Waals surface area contributed by atoms with Gasteiger partial charge in [-0.05, 0) is 17.7 Å². The predicted molar refractivity (Wildman–Crippen MR) is 75.4 cm³/mol. The minimum Gasteiger partial charge on any atom is -0.383 e. The van der Waals surface area contributed by atoms with Crippen molar-refractivity contribution in [2.24, 2.45) is 0 Å². The van der Waals surface area contributed by atoms with Crippen molar-refractivity contribution in [1.29, 1.82) is 0 Å². The smallest absolute Gasteiger partial charge is 0.236 e. The molecule has 1 aromatic rings. The average Bonchev–Trinajstić information content (AvgIpc) is 2.37. The first-order chi connectivity index (χ1) is 8.63. The molecule has 0 aromatic heterocycles. The number of rotatable bonds is 7. The molecular formula is C13H19BrN2O2. The van der Waals surface area contributed by atoms with Gasteiger partial charge in [0.25, 0.3) is 0 Å². The number of benzene rings is 1. The van der Waals surface area contributed by atoms with Crippen molar-refractivity contribution in [3.63, 3.8) is 0 Å². The number of methoxy groups -OCH3 is 1. The van der Waals surface area contributed by atoms with Gasteiger partial charge in [-0.25, -0.2) is 0 Å². The maximum Gasteiger partial charge on any atom is 0.236 e. The number of nitrogens with zero attached hydrogens (tertiary/aromatic N) is 1. The third kappa shape index (κ3) is 5.62. The Kier molecular flexibility index (Phi) is 6.93. The summed E-state index contributed by atoms with van der Waals surface area (Å²) in [5.41, 5.74) is 1.12. The molecule has 0 saturated carbocycles. The molecule has 0 atom stereocenters. The first-order valence-corrected chi connectivity index (χ1v) is 6.61. The SMILES string of the molecule is COCCNCC(=O)N(C)Cc1ccc(Br)cc1. The summed E-state index contributed by atoms with van der Waals surface area (Å²) in [6, 6.07) is 7.97. The van der Waals surface area contributed by atoms with Crippen LogP contribution >= 0.6 is 15.9 Å². The lowest BCUT2D eigenvalue weighted by molar-refractivity contribution is -0.129. The van der Waals surface area contributed by atoms with Crippen molar-refractivity contribution in [1.82, 2.24) is 10.2 Å². The maximum absolute atomic E-state index is 11.8. The van der Waals surface area contributed by atoms with Crippen LogP contribution in [0.2, 0.25) is 0 Å². The molecule has 1 amide bonds. The van der Waals surface area contributed by atoms with Crippen LogP contribution in [0.1, 0.15) is 5.56 Å². The molecular weight excluding hydrogens is 296 g/mol. The normalized spacial score (nSPS) is 10.4. The summed E-state index contributed by atoms with van der Waals surface area (Å²) >= 11 is 3.39. The minimum absolute atomic E-state index is 0.0778. The lowest BCUT2D eigenvalue weighted by Gasteiger charge is -2.17. The third-order valence-electron chi connectivity index (χ3n) is 2.52. The van der Waals surface area contributed by atoms with Gasteiger partial charge in [0.15, 0.2) is 0 Å². The molecule has 1 rings (SSSR count). The Morgan fingerprint density at radius 2 is 2.06 bits per heavy atom. The topological polar surface area (TPSA) is 41.6 Å². The molecule has 1 aromatic carbocycles. The van der Waals surface area contributed by atoms with Crippen molar-refractivity contribution in [3.05, 3.63) is 34.3 Å². The van der Waals surface area contributed by atoms with E-state index >= 15 is 0 Å². The molecule has 0 aliphatic rings. The Bertz CT molecular complexity index is 368. The summed E-state index contributed by atoms with van der Waals surface area (Å²) in [4.78, 5) is 13.5. The largest absolute Gasteiger partial charge is 0.383 e. The molecule has 5 heteroatoms. The molecule has 4 nitrogen and oxygen atoms in total. The van der Waals surface area contributed by atoms with E-state index in [4.69, 9.17) is 4.74 Å². The molecule has 100 valence electrons. The van der Waals surface area contributed by atoms with Gasteiger partial charge in [-0.2, -0.15) is 0 Å². The zero-order valence-corrected chi connectivity index (χ0v) is 12.4. The van der Waals surface area contributed by atoms with Crippen molar-refractivity contribution < 1.29 is 9.53 Å². The average molecular weight is 315 g/mol. The number of carbonyl (C=O) groups is 1. The van der Waals surface area contributed by atoms with Gasteiger partial charge in [0, 0.05) is 31.7 Å². The van der Waals surface area contributed by atoms with Crippen LogP contribution in [-0.4, -0.2) is 44.7 Å². The third-order valence-corrected chi connectivity index (χ3v) is 3.05. The minimum atomic E-state index is 0.0778. The number of carbonyl (C=O) groups excluding carboxylic acids is 1. The number of likely N-dealkylation sites (N-methyl/N-ethyl adjacent to an activating group) is 1. The van der Waals surface area contributed by atoms with Crippen LogP contribution in [-0.2, 0) is 16.1 Å². The number of nitrogens with one attached hydrogen (secondary N) is 1. The molecule has 0 heterocycles. The van der Waals surface area contributed by atoms with Crippen LogP contribution in [0.15, 0.2) is 28.7 Å². The van der Waals surface area contributed by atoms with Crippen LogP contribution in [0, 0.1) is 0 Å². The van der Waals surface area contributed by atoms with E-state index in [1.54, 1.807) is 12.0 Å². The van der Waals surface area contributed by atoms with Crippen LogP contribution < -0.4 is 5.32 Å². The fourth-order valence-corrected chi connectivity index (χ4v) is 1.72. The van der Waals surface area contributed by atoms with Crippen LogP contribution in [0.25, 0.3) is 0 Å². The Morgan fingerprint density at radius 3 is 2.67 bits per heavy atom. The fraction of sp³-hybridized carbons (Fsp3) is 0.462. The second kappa shape index (κ2) is 8.24. The number of amides is 1. The molecule has 1 N–H and O–H groups in total. The van der Waals surface area contributed by atoms with Crippen LogP contribution in [0.5, 0.6) is 0 Å². The summed E-state index contributed by atoms with van der Waals surface area (Å²) in [5.74, 6) is 0.0778. The summed E-state index contributed by atoms with van der Waals surface area (Å²) in [5, 5.41) is 3.04. The summed E-state index contributed by atoms with van der Waals surface area (Å²) in [6.07, 6.45) is 0. The molecule has 0 radical (unpaired) electrons. The first kappa shape index (κ1) is 15.1. The molecule has 0 aliphatic heterocycles. The number of ether oxygens (including phenoxy) is 1. The molecule has 0 saturated heterocycles. The highest BCUT2D eigenvalue weighted by atomic mass is 79.9. The summed E-state index contributed by atoms with van der Waals surface area (Å²) in [7, 11) is 3.45. The van der Waals surface area contributed by atoms with E-state index < -0.39 is 0 Å². The number of hydrogen-bond donors (Lipinski definition) is 1. The van der Waals surface area contributed by atoms with E-state index in [9.17, 15) is 4.79 Å². The maximum atomic E-state index is 11.8. The standard InChI is InChI=1S/C13H19BrN2O2/c1-16(13(17)9-15-7-8-18-2)10-11-3-5-12(14)6-4-11/h3-6,15H,7-10H2,1-2H3. The molecule has 0 aliphatic carbocycles. The second-order valence-electron chi connectivity index (χ2n) is 4.05. The van der Waals surface area contributed by atoms with E-state index in [0.717, 1.165) is 10.0 Å². The van der Waals surface area contributed by atoms with Crippen molar-refractivity contribution in [3.8, 4) is 0 Å². The molecule has 18 heavy (non-hydrogen) atoms. The van der Waals surface area contributed by atoms with Crippen molar-refractivity contribution >= 4 is 21.8 Å². The lowest BCUT2D eigenvalue weighted by atomic mass is 10.2. The highest BCUT2D eigenvalue weighted by Gasteiger charge is 2.08. The van der Waals surface area contributed by atoms with E-state index in [1.165, 1.54) is 0 Å². The van der Waals surface area contributed by atoms with Crippen LogP contribution in [0.4, 0.5) is 0 Å². The van der Waals surface area contributed by atoms with Crippen LogP contribution in [0.3, 0.4) is 0 Å².